The summed E-state index contributed by atoms with van der Waals surface area (Å²) in [5.74, 6) is 0.918. The number of aromatic nitrogens is 2. The number of hydrogen-bond acceptors (Lipinski definition) is 5. The number of fused-ring (bicyclic) bond motifs is 1. The van der Waals surface area contributed by atoms with Crippen molar-refractivity contribution < 1.29 is 14.3 Å². The van der Waals surface area contributed by atoms with Crippen LogP contribution in [0.15, 0.2) is 52.1 Å². The Morgan fingerprint density at radius 1 is 0.923 bits per heavy atom. The van der Waals surface area contributed by atoms with E-state index in [0.717, 1.165) is 5.75 Å². The molecule has 0 aliphatic rings. The normalized spacial score (nSPS) is 10.5. The van der Waals surface area contributed by atoms with Crippen LogP contribution in [0.4, 0.5) is 5.69 Å². The van der Waals surface area contributed by atoms with E-state index in [0.29, 0.717) is 29.1 Å². The molecule has 8 heteroatoms. The Morgan fingerprint density at radius 3 is 2.19 bits per heavy atom. The van der Waals surface area contributed by atoms with Gasteiger partial charge in [0.2, 0.25) is 0 Å². The molecular weight excluding hydrogens is 338 g/mol. The molecule has 1 aromatic heterocycles. The van der Waals surface area contributed by atoms with E-state index in [1.54, 1.807) is 42.5 Å². The van der Waals surface area contributed by atoms with Gasteiger partial charge in [-0.2, -0.15) is 0 Å². The quantitative estimate of drug-likeness (QED) is 0.582. The van der Waals surface area contributed by atoms with Crippen molar-refractivity contribution in [1.29, 1.82) is 0 Å². The fraction of sp³-hybridized carbons (Fsp3) is 0.167. The Kier molecular flexibility index (Phi) is 5.02. The van der Waals surface area contributed by atoms with Gasteiger partial charge in [0.25, 0.3) is 5.91 Å². The van der Waals surface area contributed by atoms with Crippen LogP contribution in [-0.2, 0) is 4.79 Å². The van der Waals surface area contributed by atoms with Crippen LogP contribution < -0.4 is 25.9 Å². The van der Waals surface area contributed by atoms with E-state index in [9.17, 15) is 14.4 Å². The van der Waals surface area contributed by atoms with Crippen molar-refractivity contribution in [2.75, 3.05) is 18.5 Å². The smallest absolute Gasteiger partial charge is 0.314 e. The number of rotatable bonds is 6. The first-order chi connectivity index (χ1) is 12.5. The summed E-state index contributed by atoms with van der Waals surface area (Å²) < 4.78 is 10.8. The fourth-order valence-electron chi connectivity index (χ4n) is 2.34. The van der Waals surface area contributed by atoms with Crippen molar-refractivity contribution in [1.82, 2.24) is 9.97 Å². The number of benzene rings is 2. The molecule has 3 N–H and O–H groups in total. The predicted molar refractivity (Wildman–Crippen MR) is 96.9 cm³/mol. The zero-order valence-corrected chi connectivity index (χ0v) is 14.0. The van der Waals surface area contributed by atoms with Crippen molar-refractivity contribution in [3.63, 3.8) is 0 Å². The third-order valence-electron chi connectivity index (χ3n) is 3.51. The molecule has 0 bridgehead atoms. The van der Waals surface area contributed by atoms with Crippen LogP contribution in [0.3, 0.4) is 0 Å². The van der Waals surface area contributed by atoms with Gasteiger partial charge in [0.05, 0.1) is 17.6 Å². The summed E-state index contributed by atoms with van der Waals surface area (Å²) in [7, 11) is 0. The molecule has 0 atom stereocenters. The first-order valence-corrected chi connectivity index (χ1v) is 7.97. The minimum Gasteiger partial charge on any atom is -0.494 e. The van der Waals surface area contributed by atoms with Gasteiger partial charge in [-0.15, -0.1) is 0 Å². The molecule has 0 fully saturated rings. The van der Waals surface area contributed by atoms with Crippen molar-refractivity contribution in [2.45, 2.75) is 6.92 Å². The molecule has 0 saturated carbocycles. The molecule has 1 amide bonds. The molecule has 0 radical (unpaired) electrons. The molecule has 1 heterocycles. The summed E-state index contributed by atoms with van der Waals surface area (Å²) in [5, 5.41) is 2.67. The number of ether oxygens (including phenoxy) is 2. The number of nitrogens with one attached hydrogen (secondary N) is 3. The van der Waals surface area contributed by atoms with E-state index in [2.05, 4.69) is 15.3 Å². The zero-order valence-electron chi connectivity index (χ0n) is 14.0. The van der Waals surface area contributed by atoms with Gasteiger partial charge in [0.15, 0.2) is 6.61 Å². The maximum Gasteiger partial charge on any atom is 0.314 e. The Morgan fingerprint density at radius 2 is 1.54 bits per heavy atom. The van der Waals surface area contributed by atoms with E-state index < -0.39 is 11.1 Å². The molecule has 3 aromatic rings. The highest BCUT2D eigenvalue weighted by atomic mass is 16.5. The average molecular weight is 355 g/mol. The lowest BCUT2D eigenvalue weighted by molar-refractivity contribution is -0.118. The molecule has 3 rings (SSSR count). The number of aromatic amines is 2. The number of H-pyrrole nitrogens is 2. The van der Waals surface area contributed by atoms with Gasteiger partial charge in [-0.3, -0.25) is 14.4 Å². The van der Waals surface area contributed by atoms with Gasteiger partial charge in [-0.25, -0.2) is 0 Å². The maximum atomic E-state index is 12.0. The SMILES string of the molecule is CCOc1ccc(OCC(=O)Nc2ccc3[nH]c(=O)c(=O)[nH]c3c2)cc1. The second-order valence-electron chi connectivity index (χ2n) is 5.41. The molecule has 8 nitrogen and oxygen atoms in total. The number of carbonyl (C=O) groups excluding carboxylic acids is 1. The Balaban J connectivity index is 1.62. The number of amides is 1. The van der Waals surface area contributed by atoms with Gasteiger partial charge in [-0.05, 0) is 49.4 Å². The average Bonchev–Trinajstić information content (AvgIpc) is 2.63. The third-order valence-corrected chi connectivity index (χ3v) is 3.51. The van der Waals surface area contributed by atoms with Crippen LogP contribution >= 0.6 is 0 Å². The van der Waals surface area contributed by atoms with Crippen LogP contribution in [0, 0.1) is 0 Å². The Bertz CT molecular complexity index is 1040. The predicted octanol–water partition coefficient (Wildman–Crippen LogP) is 1.63. The monoisotopic (exact) mass is 355 g/mol. The van der Waals surface area contributed by atoms with Crippen LogP contribution in [0.1, 0.15) is 6.92 Å². The number of hydrogen-bond donors (Lipinski definition) is 3. The standard InChI is InChI=1S/C18H17N3O5/c1-2-25-12-4-6-13(7-5-12)26-10-16(22)19-11-3-8-14-15(9-11)21-18(24)17(23)20-14/h3-9H,2,10H2,1H3,(H,19,22)(H,20,23)(H,21,24). The van der Waals surface area contributed by atoms with Crippen LogP contribution in [-0.4, -0.2) is 29.1 Å². The highest BCUT2D eigenvalue weighted by Crippen LogP contribution is 2.18. The Hall–Kier alpha value is -3.55. The molecule has 2 aromatic carbocycles. The summed E-state index contributed by atoms with van der Waals surface area (Å²) in [6.07, 6.45) is 0. The third kappa shape index (κ3) is 4.10. The van der Waals surface area contributed by atoms with E-state index in [1.807, 2.05) is 6.92 Å². The number of carbonyl (C=O) groups is 1. The second kappa shape index (κ2) is 7.56. The summed E-state index contributed by atoms with van der Waals surface area (Å²) in [5.41, 5.74) is -0.114. The number of anilines is 1. The van der Waals surface area contributed by atoms with E-state index >= 15 is 0 Å². The van der Waals surface area contributed by atoms with E-state index in [-0.39, 0.29) is 12.5 Å². The van der Waals surface area contributed by atoms with Gasteiger partial charge in [-0.1, -0.05) is 0 Å². The lowest BCUT2D eigenvalue weighted by Gasteiger charge is -2.09. The molecular formula is C18H17N3O5. The first-order valence-electron chi connectivity index (χ1n) is 7.97. The largest absolute Gasteiger partial charge is 0.494 e. The molecule has 134 valence electrons. The summed E-state index contributed by atoms with van der Waals surface area (Å²) in [6, 6.07) is 11.7. The second-order valence-corrected chi connectivity index (χ2v) is 5.41. The van der Waals surface area contributed by atoms with Crippen LogP contribution in [0.25, 0.3) is 11.0 Å². The molecule has 0 unspecified atom stereocenters. The minimum absolute atomic E-state index is 0.172. The summed E-state index contributed by atoms with van der Waals surface area (Å²) in [4.78, 5) is 39.6. The van der Waals surface area contributed by atoms with Gasteiger partial charge >= 0.3 is 11.1 Å². The lowest BCUT2D eigenvalue weighted by atomic mass is 10.2. The molecule has 0 aliphatic heterocycles. The van der Waals surface area contributed by atoms with Crippen LogP contribution in [0.2, 0.25) is 0 Å². The van der Waals surface area contributed by atoms with Gasteiger partial charge < -0.3 is 24.8 Å². The van der Waals surface area contributed by atoms with E-state index in [1.165, 1.54) is 0 Å². The van der Waals surface area contributed by atoms with Crippen molar-refractivity contribution in [3.8, 4) is 11.5 Å². The highest BCUT2D eigenvalue weighted by Gasteiger charge is 2.06. The topological polar surface area (TPSA) is 113 Å². The fourth-order valence-corrected chi connectivity index (χ4v) is 2.34. The van der Waals surface area contributed by atoms with E-state index in [4.69, 9.17) is 9.47 Å². The lowest BCUT2D eigenvalue weighted by Crippen LogP contribution is -2.29. The van der Waals surface area contributed by atoms with Crippen molar-refractivity contribution >= 4 is 22.6 Å². The molecule has 0 saturated heterocycles. The van der Waals surface area contributed by atoms with Crippen molar-refractivity contribution in [3.05, 3.63) is 63.2 Å². The molecule has 26 heavy (non-hydrogen) atoms. The zero-order chi connectivity index (χ0) is 18.5. The molecule has 0 aliphatic carbocycles. The highest BCUT2D eigenvalue weighted by molar-refractivity contribution is 5.93. The van der Waals surface area contributed by atoms with Gasteiger partial charge in [0.1, 0.15) is 11.5 Å². The Labute approximate surface area is 147 Å². The van der Waals surface area contributed by atoms with Crippen LogP contribution in [0.5, 0.6) is 11.5 Å². The summed E-state index contributed by atoms with van der Waals surface area (Å²) in [6.45, 7) is 2.30. The first kappa shape index (κ1) is 17.3. The minimum atomic E-state index is -0.750. The van der Waals surface area contributed by atoms with Crippen molar-refractivity contribution in [2.24, 2.45) is 0 Å². The maximum absolute atomic E-state index is 12.0. The van der Waals surface area contributed by atoms with Gasteiger partial charge in [0, 0.05) is 5.69 Å². The molecule has 0 spiro atoms. The summed E-state index contributed by atoms with van der Waals surface area (Å²) >= 11 is 0.